The molecular weight excluding hydrogens is 256 g/mol. The Kier molecular flexibility index (Phi) is 5.48. The van der Waals surface area contributed by atoms with Gasteiger partial charge in [-0.3, -0.25) is 4.79 Å². The van der Waals surface area contributed by atoms with Gasteiger partial charge in [0, 0.05) is 5.54 Å². The third-order valence-corrected chi connectivity index (χ3v) is 3.52. The first-order valence-corrected chi connectivity index (χ1v) is 6.88. The molecule has 0 aromatic heterocycles. The molecule has 0 aliphatic rings. The molecule has 1 amide bonds. The molecule has 0 bridgehead atoms. The molecule has 3 nitrogen and oxygen atoms in total. The lowest BCUT2D eigenvalue weighted by molar-refractivity contribution is -0.124. The van der Waals surface area contributed by atoms with Crippen molar-refractivity contribution < 1.29 is 4.79 Å². The number of amides is 1. The summed E-state index contributed by atoms with van der Waals surface area (Å²) in [6.45, 7) is 5.76. The largest absolute Gasteiger partial charge is 0.393 e. The zero-order valence-electron chi connectivity index (χ0n) is 11.8. The molecule has 0 saturated heterocycles. The van der Waals surface area contributed by atoms with Gasteiger partial charge in [-0.05, 0) is 39.2 Å². The smallest absolute Gasteiger partial charge is 0.230 e. The summed E-state index contributed by atoms with van der Waals surface area (Å²) in [5, 5.41) is 3.00. The van der Waals surface area contributed by atoms with Crippen molar-refractivity contribution in [3.8, 4) is 0 Å². The van der Waals surface area contributed by atoms with Gasteiger partial charge < -0.3 is 11.1 Å². The van der Waals surface area contributed by atoms with Crippen LogP contribution in [0.25, 0.3) is 0 Å². The SMILES string of the molecule is CC(C(=O)NC(C)(C)CCc1ccccc1)C(N)=S. The van der Waals surface area contributed by atoms with E-state index < -0.39 is 5.92 Å². The highest BCUT2D eigenvalue weighted by Gasteiger charge is 2.24. The van der Waals surface area contributed by atoms with Crippen LogP contribution in [0.2, 0.25) is 0 Å². The summed E-state index contributed by atoms with van der Waals surface area (Å²) in [6, 6.07) is 10.2. The lowest BCUT2D eigenvalue weighted by Gasteiger charge is -2.28. The van der Waals surface area contributed by atoms with E-state index in [1.807, 2.05) is 32.0 Å². The number of benzene rings is 1. The highest BCUT2D eigenvalue weighted by atomic mass is 32.1. The Balaban J connectivity index is 2.52. The lowest BCUT2D eigenvalue weighted by atomic mass is 9.94. The maximum atomic E-state index is 11.9. The number of carbonyl (C=O) groups excluding carboxylic acids is 1. The predicted molar refractivity (Wildman–Crippen MR) is 82.9 cm³/mol. The van der Waals surface area contributed by atoms with Crippen molar-refractivity contribution in [3.63, 3.8) is 0 Å². The molecule has 0 saturated carbocycles. The second kappa shape index (κ2) is 6.66. The lowest BCUT2D eigenvalue weighted by Crippen LogP contribution is -2.48. The second-order valence-electron chi connectivity index (χ2n) is 5.48. The number of nitrogens with two attached hydrogens (primary N) is 1. The molecule has 1 aromatic carbocycles. The van der Waals surface area contributed by atoms with E-state index in [1.54, 1.807) is 6.92 Å². The van der Waals surface area contributed by atoms with Gasteiger partial charge in [-0.2, -0.15) is 0 Å². The first-order chi connectivity index (χ1) is 8.82. The first-order valence-electron chi connectivity index (χ1n) is 6.47. The van der Waals surface area contributed by atoms with Crippen LogP contribution in [0.5, 0.6) is 0 Å². The van der Waals surface area contributed by atoms with Crippen LogP contribution in [0, 0.1) is 5.92 Å². The van der Waals surface area contributed by atoms with E-state index in [4.69, 9.17) is 18.0 Å². The fourth-order valence-corrected chi connectivity index (χ4v) is 1.84. The average Bonchev–Trinajstić information content (AvgIpc) is 2.36. The minimum Gasteiger partial charge on any atom is -0.393 e. The first kappa shape index (κ1) is 15.6. The number of aryl methyl sites for hydroxylation is 1. The Hall–Kier alpha value is -1.42. The fourth-order valence-electron chi connectivity index (χ4n) is 1.73. The normalized spacial score (nSPS) is 12.8. The molecule has 0 fully saturated rings. The van der Waals surface area contributed by atoms with E-state index in [-0.39, 0.29) is 16.4 Å². The van der Waals surface area contributed by atoms with Gasteiger partial charge in [0.2, 0.25) is 5.91 Å². The standard InChI is InChI=1S/C15H22N2OS/c1-11(13(16)19)14(18)17-15(2,3)10-9-12-7-5-4-6-8-12/h4-8,11H,9-10H2,1-3H3,(H2,16,19)(H,17,18). The molecular formula is C15H22N2OS. The third-order valence-electron chi connectivity index (χ3n) is 3.16. The van der Waals surface area contributed by atoms with Crippen molar-refractivity contribution in [2.75, 3.05) is 0 Å². The van der Waals surface area contributed by atoms with Crippen LogP contribution in [0.3, 0.4) is 0 Å². The quantitative estimate of drug-likeness (QED) is 0.786. The third kappa shape index (κ3) is 5.39. The van der Waals surface area contributed by atoms with Gasteiger partial charge in [0.25, 0.3) is 0 Å². The Morgan fingerprint density at radius 1 is 1.37 bits per heavy atom. The topological polar surface area (TPSA) is 55.1 Å². The van der Waals surface area contributed by atoms with Crippen molar-refractivity contribution in [1.82, 2.24) is 5.32 Å². The van der Waals surface area contributed by atoms with Gasteiger partial charge in [-0.15, -0.1) is 0 Å². The summed E-state index contributed by atoms with van der Waals surface area (Å²) in [5.74, 6) is -0.531. The fraction of sp³-hybridized carbons (Fsp3) is 0.467. The van der Waals surface area contributed by atoms with Crippen molar-refractivity contribution >= 4 is 23.1 Å². The maximum absolute atomic E-state index is 11.9. The van der Waals surface area contributed by atoms with E-state index in [9.17, 15) is 4.79 Å². The summed E-state index contributed by atoms with van der Waals surface area (Å²) in [7, 11) is 0. The minimum absolute atomic E-state index is 0.106. The monoisotopic (exact) mass is 278 g/mol. The molecule has 0 heterocycles. The van der Waals surface area contributed by atoms with Crippen molar-refractivity contribution in [1.29, 1.82) is 0 Å². The van der Waals surface area contributed by atoms with E-state index in [2.05, 4.69) is 17.4 Å². The van der Waals surface area contributed by atoms with Crippen LogP contribution >= 0.6 is 12.2 Å². The molecule has 104 valence electrons. The highest BCUT2D eigenvalue weighted by molar-refractivity contribution is 7.80. The molecule has 1 aromatic rings. The average molecular weight is 278 g/mol. The van der Waals surface area contributed by atoms with Gasteiger partial charge >= 0.3 is 0 Å². The number of hydrogen-bond donors (Lipinski definition) is 2. The molecule has 0 aliphatic carbocycles. The van der Waals surface area contributed by atoms with Crippen molar-refractivity contribution in [2.45, 2.75) is 39.2 Å². The molecule has 19 heavy (non-hydrogen) atoms. The van der Waals surface area contributed by atoms with Gasteiger partial charge in [-0.1, -0.05) is 42.5 Å². The number of nitrogens with one attached hydrogen (secondary N) is 1. The summed E-state index contributed by atoms with van der Waals surface area (Å²) in [5.41, 5.74) is 6.49. The minimum atomic E-state index is -0.425. The molecule has 0 aliphatic heterocycles. The van der Waals surface area contributed by atoms with Crippen LogP contribution < -0.4 is 11.1 Å². The molecule has 0 spiro atoms. The Morgan fingerprint density at radius 3 is 2.47 bits per heavy atom. The van der Waals surface area contributed by atoms with E-state index in [0.29, 0.717) is 0 Å². The van der Waals surface area contributed by atoms with Crippen LogP contribution in [-0.4, -0.2) is 16.4 Å². The number of thiocarbonyl (C=S) groups is 1. The maximum Gasteiger partial charge on any atom is 0.230 e. The van der Waals surface area contributed by atoms with E-state index >= 15 is 0 Å². The molecule has 1 rings (SSSR count). The Morgan fingerprint density at radius 2 is 1.95 bits per heavy atom. The van der Waals surface area contributed by atoms with Crippen LogP contribution in [0.4, 0.5) is 0 Å². The predicted octanol–water partition coefficient (Wildman–Crippen LogP) is 2.44. The van der Waals surface area contributed by atoms with Crippen LogP contribution in [0.1, 0.15) is 32.8 Å². The zero-order chi connectivity index (χ0) is 14.5. The molecule has 1 unspecified atom stereocenters. The number of carbonyl (C=O) groups is 1. The van der Waals surface area contributed by atoms with Gasteiger partial charge in [0.1, 0.15) is 0 Å². The van der Waals surface area contributed by atoms with E-state index in [0.717, 1.165) is 12.8 Å². The van der Waals surface area contributed by atoms with Crippen molar-refractivity contribution in [2.24, 2.45) is 11.7 Å². The van der Waals surface area contributed by atoms with Gasteiger partial charge in [0.05, 0.1) is 10.9 Å². The molecule has 0 radical (unpaired) electrons. The number of hydrogen-bond acceptors (Lipinski definition) is 2. The van der Waals surface area contributed by atoms with Crippen LogP contribution in [0.15, 0.2) is 30.3 Å². The highest BCUT2D eigenvalue weighted by Crippen LogP contribution is 2.14. The number of rotatable bonds is 6. The summed E-state index contributed by atoms with van der Waals surface area (Å²) in [6.07, 6.45) is 1.79. The Labute approximate surface area is 120 Å². The Bertz CT molecular complexity index is 443. The van der Waals surface area contributed by atoms with Crippen molar-refractivity contribution in [3.05, 3.63) is 35.9 Å². The zero-order valence-corrected chi connectivity index (χ0v) is 12.6. The molecule has 3 N–H and O–H groups in total. The molecule has 1 atom stereocenters. The van der Waals surface area contributed by atoms with Gasteiger partial charge in [-0.25, -0.2) is 0 Å². The summed E-state index contributed by atoms with van der Waals surface area (Å²) in [4.78, 5) is 12.2. The summed E-state index contributed by atoms with van der Waals surface area (Å²) < 4.78 is 0. The van der Waals surface area contributed by atoms with Gasteiger partial charge in [0.15, 0.2) is 0 Å². The van der Waals surface area contributed by atoms with E-state index in [1.165, 1.54) is 5.56 Å². The van der Waals surface area contributed by atoms with Crippen LogP contribution in [-0.2, 0) is 11.2 Å². The summed E-state index contributed by atoms with van der Waals surface area (Å²) >= 11 is 4.84. The second-order valence-corrected chi connectivity index (χ2v) is 5.95. The molecule has 4 heteroatoms.